The van der Waals surface area contributed by atoms with E-state index in [1.165, 1.54) is 0 Å². The molecule has 1 aliphatic rings. The molecule has 1 aromatic heterocycles. The number of rotatable bonds is 5. The van der Waals surface area contributed by atoms with Gasteiger partial charge in [0, 0.05) is 36.1 Å². The highest BCUT2D eigenvalue weighted by atomic mass is 16.5. The van der Waals surface area contributed by atoms with Gasteiger partial charge in [0.05, 0.1) is 19.2 Å². The van der Waals surface area contributed by atoms with Crippen molar-refractivity contribution in [2.45, 2.75) is 13.0 Å². The topological polar surface area (TPSA) is 51.7 Å². The minimum atomic E-state index is 0.0719. The number of nitrogens with zero attached hydrogens (tertiary/aromatic N) is 2. The molecular weight excluding hydrogens is 340 g/mol. The number of amides is 1. The van der Waals surface area contributed by atoms with E-state index >= 15 is 0 Å². The lowest BCUT2D eigenvalue weighted by molar-refractivity contribution is -0.117. The van der Waals surface area contributed by atoms with Crippen LogP contribution in [0.2, 0.25) is 0 Å². The van der Waals surface area contributed by atoms with Gasteiger partial charge >= 0.3 is 0 Å². The Bertz CT molecular complexity index is 969. The van der Waals surface area contributed by atoms with Crippen molar-refractivity contribution in [1.29, 1.82) is 0 Å². The summed E-state index contributed by atoms with van der Waals surface area (Å²) in [6, 6.07) is 15.6. The Hall–Kier alpha value is -3.34. The van der Waals surface area contributed by atoms with Crippen LogP contribution in [-0.4, -0.2) is 25.0 Å². The second-order valence-electron chi connectivity index (χ2n) is 6.45. The Kier molecular flexibility index (Phi) is 4.50. The molecule has 27 heavy (non-hydrogen) atoms. The number of aromatic nitrogens is 1. The van der Waals surface area contributed by atoms with Crippen molar-refractivity contribution < 1.29 is 14.3 Å². The SMILES string of the molecule is COc1ccc(COc2c(-c3cccnc3)ccc3c2CC(=O)N3C)cc1. The summed E-state index contributed by atoms with van der Waals surface area (Å²) in [6.45, 7) is 0.408. The maximum Gasteiger partial charge on any atom is 0.231 e. The Morgan fingerprint density at radius 2 is 1.93 bits per heavy atom. The normalized spacial score (nSPS) is 12.8. The second kappa shape index (κ2) is 7.11. The molecule has 2 heterocycles. The number of ether oxygens (including phenoxy) is 2. The summed E-state index contributed by atoms with van der Waals surface area (Å²) in [4.78, 5) is 18.1. The van der Waals surface area contributed by atoms with E-state index in [2.05, 4.69) is 4.98 Å². The van der Waals surface area contributed by atoms with E-state index in [9.17, 15) is 4.79 Å². The zero-order chi connectivity index (χ0) is 18.8. The lowest BCUT2D eigenvalue weighted by Crippen LogP contribution is -2.20. The molecule has 1 aliphatic heterocycles. The summed E-state index contributed by atoms with van der Waals surface area (Å²) in [5.74, 6) is 1.62. The summed E-state index contributed by atoms with van der Waals surface area (Å²) in [5.41, 5.74) is 4.77. The van der Waals surface area contributed by atoms with E-state index in [1.54, 1.807) is 25.3 Å². The standard InChI is InChI=1S/C22H20N2O3/c1-24-20-10-9-18(16-4-3-11-23-13-16)22(19(20)12-21(24)25)27-14-15-5-7-17(26-2)8-6-15/h3-11,13H,12,14H2,1-2H3. The van der Waals surface area contributed by atoms with E-state index in [1.807, 2.05) is 54.7 Å². The first-order valence-corrected chi connectivity index (χ1v) is 8.76. The van der Waals surface area contributed by atoms with E-state index in [0.29, 0.717) is 13.0 Å². The predicted molar refractivity (Wildman–Crippen MR) is 104 cm³/mol. The molecule has 5 heteroatoms. The third kappa shape index (κ3) is 3.24. The number of methoxy groups -OCH3 is 1. The Balaban J connectivity index is 1.71. The van der Waals surface area contributed by atoms with E-state index in [0.717, 1.165) is 39.4 Å². The van der Waals surface area contributed by atoms with Crippen LogP contribution in [0.1, 0.15) is 11.1 Å². The Morgan fingerprint density at radius 3 is 2.63 bits per heavy atom. The molecule has 5 nitrogen and oxygen atoms in total. The second-order valence-corrected chi connectivity index (χ2v) is 6.45. The third-order valence-corrected chi connectivity index (χ3v) is 4.81. The largest absolute Gasteiger partial charge is 0.497 e. The molecule has 0 atom stereocenters. The molecule has 136 valence electrons. The van der Waals surface area contributed by atoms with Gasteiger partial charge in [0.2, 0.25) is 5.91 Å². The third-order valence-electron chi connectivity index (χ3n) is 4.81. The molecule has 0 radical (unpaired) electrons. The van der Waals surface area contributed by atoms with Crippen LogP contribution in [-0.2, 0) is 17.8 Å². The molecule has 0 aliphatic carbocycles. The summed E-state index contributed by atoms with van der Waals surface area (Å²) in [7, 11) is 3.44. The molecule has 0 N–H and O–H groups in total. The average molecular weight is 360 g/mol. The summed E-state index contributed by atoms with van der Waals surface area (Å²) in [6.07, 6.45) is 3.90. The van der Waals surface area contributed by atoms with Gasteiger partial charge in [-0.1, -0.05) is 18.2 Å². The zero-order valence-electron chi connectivity index (χ0n) is 15.3. The number of hydrogen-bond donors (Lipinski definition) is 0. The van der Waals surface area contributed by atoms with Crippen LogP contribution in [0.5, 0.6) is 11.5 Å². The van der Waals surface area contributed by atoms with Gasteiger partial charge in [-0.25, -0.2) is 0 Å². The van der Waals surface area contributed by atoms with Crippen molar-refractivity contribution in [3.63, 3.8) is 0 Å². The average Bonchev–Trinajstić information content (AvgIpc) is 3.01. The fourth-order valence-corrected chi connectivity index (χ4v) is 3.30. The van der Waals surface area contributed by atoms with Crippen molar-refractivity contribution in [2.75, 3.05) is 19.1 Å². The molecule has 0 fully saturated rings. The number of likely N-dealkylation sites (N-methyl/N-ethyl adjacent to an activating group) is 1. The summed E-state index contributed by atoms with van der Waals surface area (Å²) in [5, 5.41) is 0. The van der Waals surface area contributed by atoms with Crippen molar-refractivity contribution in [3.05, 3.63) is 72.1 Å². The number of carbonyl (C=O) groups is 1. The fraction of sp³-hybridized carbons (Fsp3) is 0.182. The van der Waals surface area contributed by atoms with Crippen molar-refractivity contribution in [2.24, 2.45) is 0 Å². The van der Waals surface area contributed by atoms with Gasteiger partial charge in [-0.15, -0.1) is 0 Å². The van der Waals surface area contributed by atoms with Crippen LogP contribution in [0, 0.1) is 0 Å². The van der Waals surface area contributed by atoms with E-state index in [4.69, 9.17) is 9.47 Å². The van der Waals surface area contributed by atoms with Crippen molar-refractivity contribution in [3.8, 4) is 22.6 Å². The smallest absolute Gasteiger partial charge is 0.231 e. The molecule has 0 unspecified atom stereocenters. The number of anilines is 1. The predicted octanol–water partition coefficient (Wildman–Crippen LogP) is 3.86. The molecule has 1 amide bonds. The number of carbonyl (C=O) groups excluding carboxylic acids is 1. The Morgan fingerprint density at radius 1 is 1.11 bits per heavy atom. The fourth-order valence-electron chi connectivity index (χ4n) is 3.30. The quantitative estimate of drug-likeness (QED) is 0.693. The highest BCUT2D eigenvalue weighted by Gasteiger charge is 2.29. The summed E-state index contributed by atoms with van der Waals surface area (Å²) < 4.78 is 11.4. The molecule has 3 aromatic rings. The van der Waals surface area contributed by atoms with Crippen LogP contribution >= 0.6 is 0 Å². The Labute approximate surface area is 158 Å². The number of benzene rings is 2. The zero-order valence-corrected chi connectivity index (χ0v) is 15.3. The van der Waals surface area contributed by atoms with Gasteiger partial charge in [-0.2, -0.15) is 0 Å². The first-order chi connectivity index (χ1) is 13.2. The molecule has 0 saturated carbocycles. The van der Waals surface area contributed by atoms with Crippen LogP contribution in [0.4, 0.5) is 5.69 Å². The van der Waals surface area contributed by atoms with Crippen molar-refractivity contribution >= 4 is 11.6 Å². The molecule has 2 aromatic carbocycles. The number of hydrogen-bond acceptors (Lipinski definition) is 4. The van der Waals surface area contributed by atoms with Gasteiger partial charge in [0.25, 0.3) is 0 Å². The van der Waals surface area contributed by atoms with Gasteiger partial charge < -0.3 is 14.4 Å². The van der Waals surface area contributed by atoms with E-state index in [-0.39, 0.29) is 5.91 Å². The maximum absolute atomic E-state index is 12.2. The maximum atomic E-state index is 12.2. The van der Waals surface area contributed by atoms with Gasteiger partial charge in [0.15, 0.2) is 0 Å². The number of pyridine rings is 1. The molecule has 0 saturated heterocycles. The van der Waals surface area contributed by atoms with Crippen LogP contribution in [0.15, 0.2) is 60.9 Å². The highest BCUT2D eigenvalue weighted by Crippen LogP contribution is 2.42. The van der Waals surface area contributed by atoms with Gasteiger partial charge in [0.1, 0.15) is 18.1 Å². The van der Waals surface area contributed by atoms with Gasteiger partial charge in [-0.3, -0.25) is 9.78 Å². The van der Waals surface area contributed by atoms with Crippen molar-refractivity contribution in [1.82, 2.24) is 4.98 Å². The molecule has 0 spiro atoms. The first-order valence-electron chi connectivity index (χ1n) is 8.76. The minimum absolute atomic E-state index is 0.0719. The lowest BCUT2D eigenvalue weighted by atomic mass is 10.0. The number of fused-ring (bicyclic) bond motifs is 1. The molecule has 4 rings (SSSR count). The monoisotopic (exact) mass is 360 g/mol. The van der Waals surface area contributed by atoms with Gasteiger partial charge in [-0.05, 0) is 35.9 Å². The molecule has 0 bridgehead atoms. The van der Waals surface area contributed by atoms with Crippen LogP contribution < -0.4 is 14.4 Å². The van der Waals surface area contributed by atoms with Crippen LogP contribution in [0.3, 0.4) is 0 Å². The lowest BCUT2D eigenvalue weighted by Gasteiger charge is -2.17. The minimum Gasteiger partial charge on any atom is -0.497 e. The first kappa shape index (κ1) is 17.1. The van der Waals surface area contributed by atoms with Crippen LogP contribution in [0.25, 0.3) is 11.1 Å². The highest BCUT2D eigenvalue weighted by molar-refractivity contribution is 6.03. The van der Waals surface area contributed by atoms with E-state index < -0.39 is 0 Å². The summed E-state index contributed by atoms with van der Waals surface area (Å²) >= 11 is 0. The molecular formula is C22H20N2O3.